The minimum absolute atomic E-state index is 0.388. The van der Waals surface area contributed by atoms with Crippen molar-refractivity contribution in [2.45, 2.75) is 51.2 Å². The fraction of sp³-hybridized carbons (Fsp3) is 0.562. The van der Waals surface area contributed by atoms with E-state index in [0.29, 0.717) is 23.6 Å². The lowest BCUT2D eigenvalue weighted by molar-refractivity contribution is -0.162. The summed E-state index contributed by atoms with van der Waals surface area (Å²) in [5.74, 6) is -1.56. The molecule has 1 saturated heterocycles. The van der Waals surface area contributed by atoms with E-state index in [4.69, 9.17) is 15.2 Å². The van der Waals surface area contributed by atoms with Gasteiger partial charge < -0.3 is 20.5 Å². The predicted molar refractivity (Wildman–Crippen MR) is 88.0 cm³/mol. The second-order valence-electron chi connectivity index (χ2n) is 6.00. The number of anilines is 1. The molecule has 1 fully saturated rings. The fourth-order valence-electron chi connectivity index (χ4n) is 3.03. The smallest absolute Gasteiger partial charge is 0.336 e. The Morgan fingerprint density at radius 2 is 2.12 bits per heavy atom. The first-order chi connectivity index (χ1) is 11.5. The zero-order chi connectivity index (χ0) is 17.3. The van der Waals surface area contributed by atoms with Crippen LogP contribution in [0.15, 0.2) is 0 Å². The number of nitrogens with two attached hydrogens (primary N) is 1. The third kappa shape index (κ3) is 3.29. The van der Waals surface area contributed by atoms with Gasteiger partial charge in [-0.25, -0.2) is 4.79 Å². The highest BCUT2D eigenvalue weighted by Gasteiger charge is 2.30. The van der Waals surface area contributed by atoms with Gasteiger partial charge in [0.2, 0.25) is 0 Å². The highest BCUT2D eigenvalue weighted by molar-refractivity contribution is 7.17. The lowest BCUT2D eigenvalue weighted by Crippen LogP contribution is -2.34. The molecule has 130 valence electrons. The van der Waals surface area contributed by atoms with Crippen LogP contribution in [0.5, 0.6) is 0 Å². The monoisotopic (exact) mass is 352 g/mol. The Labute approximate surface area is 143 Å². The van der Waals surface area contributed by atoms with Crippen molar-refractivity contribution >= 4 is 34.1 Å². The van der Waals surface area contributed by atoms with E-state index in [2.05, 4.69) is 5.32 Å². The molecule has 0 bridgehead atoms. The second-order valence-corrected chi connectivity index (χ2v) is 7.10. The summed E-state index contributed by atoms with van der Waals surface area (Å²) in [4.78, 5) is 37.0. The number of thiophene rings is 1. The summed E-state index contributed by atoms with van der Waals surface area (Å²) < 4.78 is 10.4. The van der Waals surface area contributed by atoms with Crippen molar-refractivity contribution in [1.82, 2.24) is 0 Å². The third-order valence-corrected chi connectivity index (χ3v) is 5.47. The molecule has 1 aromatic rings. The largest absolute Gasteiger partial charge is 0.451 e. The van der Waals surface area contributed by atoms with Crippen LogP contribution < -0.4 is 11.1 Å². The molecule has 24 heavy (non-hydrogen) atoms. The predicted octanol–water partition coefficient (Wildman–Crippen LogP) is 1.38. The van der Waals surface area contributed by atoms with Gasteiger partial charge >= 0.3 is 5.97 Å². The molecule has 2 heterocycles. The molecule has 0 radical (unpaired) electrons. The van der Waals surface area contributed by atoms with E-state index in [1.54, 1.807) is 0 Å². The molecule has 1 aromatic heterocycles. The Morgan fingerprint density at radius 1 is 1.33 bits per heavy atom. The molecule has 0 aromatic carbocycles. The number of hydrogen-bond acceptors (Lipinski definition) is 6. The number of hydrogen-bond donors (Lipinski definition) is 2. The highest BCUT2D eigenvalue weighted by Crippen LogP contribution is 2.38. The Bertz CT molecular complexity index is 678. The Hall–Kier alpha value is -1.93. The molecule has 7 nitrogen and oxygen atoms in total. The lowest BCUT2D eigenvalue weighted by Gasteiger charge is -2.16. The van der Waals surface area contributed by atoms with Gasteiger partial charge in [0.1, 0.15) is 5.00 Å². The molecule has 2 amide bonds. The van der Waals surface area contributed by atoms with Gasteiger partial charge in [0.05, 0.1) is 5.56 Å². The van der Waals surface area contributed by atoms with Crippen molar-refractivity contribution < 1.29 is 23.9 Å². The quantitative estimate of drug-likeness (QED) is 0.779. The van der Waals surface area contributed by atoms with E-state index in [1.807, 2.05) is 0 Å². The second kappa shape index (κ2) is 6.90. The SMILES string of the molecule is C[C@H](OC(=O)[C@@H]1CCCO1)C(=O)Nc1sc2c(c1C(N)=O)CCC2. The first kappa shape index (κ1) is 16.9. The van der Waals surface area contributed by atoms with Crippen LogP contribution in [0.3, 0.4) is 0 Å². The first-order valence-corrected chi connectivity index (χ1v) is 8.86. The number of amides is 2. The number of primary amides is 1. The molecule has 1 aliphatic heterocycles. The molecule has 3 N–H and O–H groups in total. The van der Waals surface area contributed by atoms with Crippen molar-refractivity contribution in [3.8, 4) is 0 Å². The molecule has 8 heteroatoms. The van der Waals surface area contributed by atoms with Gasteiger partial charge in [-0.3, -0.25) is 9.59 Å². The summed E-state index contributed by atoms with van der Waals surface area (Å²) in [5.41, 5.74) is 6.79. The van der Waals surface area contributed by atoms with Crippen LogP contribution in [-0.4, -0.2) is 36.6 Å². The molecule has 0 unspecified atom stereocenters. The zero-order valence-electron chi connectivity index (χ0n) is 13.4. The van der Waals surface area contributed by atoms with E-state index in [9.17, 15) is 14.4 Å². The van der Waals surface area contributed by atoms with E-state index in [-0.39, 0.29) is 0 Å². The normalized spacial score (nSPS) is 20.5. The molecule has 1 aliphatic carbocycles. The van der Waals surface area contributed by atoms with Gasteiger partial charge in [-0.05, 0) is 44.6 Å². The van der Waals surface area contributed by atoms with Crippen LogP contribution in [0.25, 0.3) is 0 Å². The van der Waals surface area contributed by atoms with Crippen LogP contribution in [0.4, 0.5) is 5.00 Å². The summed E-state index contributed by atoms with van der Waals surface area (Å²) in [6.45, 7) is 2.02. The minimum Gasteiger partial charge on any atom is -0.451 e. The van der Waals surface area contributed by atoms with E-state index < -0.39 is 30.0 Å². The van der Waals surface area contributed by atoms with Gasteiger partial charge in [-0.1, -0.05) is 0 Å². The van der Waals surface area contributed by atoms with Crippen molar-refractivity contribution in [3.63, 3.8) is 0 Å². The molecule has 3 rings (SSSR count). The van der Waals surface area contributed by atoms with Gasteiger partial charge in [0.15, 0.2) is 12.2 Å². The number of esters is 1. The average molecular weight is 352 g/mol. The van der Waals surface area contributed by atoms with Crippen LogP contribution in [0.1, 0.15) is 47.0 Å². The van der Waals surface area contributed by atoms with Crippen molar-refractivity contribution in [2.24, 2.45) is 5.73 Å². The minimum atomic E-state index is -0.973. The molecule has 0 saturated carbocycles. The number of ether oxygens (including phenoxy) is 2. The Morgan fingerprint density at radius 3 is 2.79 bits per heavy atom. The van der Waals surface area contributed by atoms with Crippen molar-refractivity contribution in [1.29, 1.82) is 0 Å². The number of fused-ring (bicyclic) bond motifs is 1. The number of rotatable bonds is 5. The maximum absolute atomic E-state index is 12.3. The van der Waals surface area contributed by atoms with Crippen LogP contribution >= 0.6 is 11.3 Å². The maximum Gasteiger partial charge on any atom is 0.336 e. The van der Waals surface area contributed by atoms with E-state index in [0.717, 1.165) is 36.1 Å². The van der Waals surface area contributed by atoms with Crippen molar-refractivity contribution in [2.75, 3.05) is 11.9 Å². The van der Waals surface area contributed by atoms with Gasteiger partial charge in [-0.2, -0.15) is 0 Å². The standard InChI is InChI=1S/C16H20N2O5S/c1-8(23-16(21)10-5-3-7-22-10)14(20)18-15-12(13(17)19)9-4-2-6-11(9)24-15/h8,10H,2-7H2,1H3,(H2,17,19)(H,18,20)/t8-,10-/m0/s1. The third-order valence-electron chi connectivity index (χ3n) is 4.26. The summed E-state index contributed by atoms with van der Waals surface area (Å²) in [5, 5.41) is 3.12. The number of carbonyl (C=O) groups excluding carboxylic acids is 3. The van der Waals surface area contributed by atoms with Crippen LogP contribution in [-0.2, 0) is 31.9 Å². The Kier molecular flexibility index (Phi) is 4.86. The Balaban J connectivity index is 1.66. The van der Waals surface area contributed by atoms with Gasteiger partial charge in [0, 0.05) is 11.5 Å². The molecule has 2 aliphatic rings. The number of carbonyl (C=O) groups is 3. The highest BCUT2D eigenvalue weighted by atomic mass is 32.1. The number of nitrogens with one attached hydrogen (secondary N) is 1. The van der Waals surface area contributed by atoms with E-state index >= 15 is 0 Å². The van der Waals surface area contributed by atoms with Gasteiger partial charge in [-0.15, -0.1) is 11.3 Å². The van der Waals surface area contributed by atoms with E-state index in [1.165, 1.54) is 18.3 Å². The van der Waals surface area contributed by atoms with Gasteiger partial charge in [0.25, 0.3) is 11.8 Å². The summed E-state index contributed by atoms with van der Waals surface area (Å²) >= 11 is 1.37. The zero-order valence-corrected chi connectivity index (χ0v) is 14.2. The summed E-state index contributed by atoms with van der Waals surface area (Å²) in [6, 6.07) is 0. The molecular formula is C16H20N2O5S. The van der Waals surface area contributed by atoms with Crippen LogP contribution in [0, 0.1) is 0 Å². The topological polar surface area (TPSA) is 108 Å². The maximum atomic E-state index is 12.3. The fourth-order valence-corrected chi connectivity index (χ4v) is 4.33. The number of aryl methyl sites for hydroxylation is 1. The average Bonchev–Trinajstić information content (AvgIpc) is 3.22. The molecular weight excluding hydrogens is 332 g/mol. The molecule has 0 spiro atoms. The van der Waals surface area contributed by atoms with Crippen LogP contribution in [0.2, 0.25) is 0 Å². The lowest BCUT2D eigenvalue weighted by atomic mass is 10.1. The van der Waals surface area contributed by atoms with Crippen molar-refractivity contribution in [3.05, 3.63) is 16.0 Å². The summed E-state index contributed by atoms with van der Waals surface area (Å²) in [7, 11) is 0. The molecule has 2 atom stereocenters. The summed E-state index contributed by atoms with van der Waals surface area (Å²) in [6.07, 6.45) is 2.53. The first-order valence-electron chi connectivity index (χ1n) is 8.04.